The summed E-state index contributed by atoms with van der Waals surface area (Å²) in [7, 11) is -3.69. The van der Waals surface area contributed by atoms with Crippen molar-refractivity contribution in [3.63, 3.8) is 0 Å². The average molecular weight is 382 g/mol. The van der Waals surface area contributed by atoms with Crippen molar-refractivity contribution in [2.75, 3.05) is 26.2 Å². The van der Waals surface area contributed by atoms with Gasteiger partial charge in [-0.2, -0.15) is 9.04 Å². The molecule has 0 unspecified atom stereocenters. The van der Waals surface area contributed by atoms with Gasteiger partial charge in [0.25, 0.3) is 5.91 Å². The minimum Gasteiger partial charge on any atom is -0.619 e. The van der Waals surface area contributed by atoms with Crippen LogP contribution in [0.15, 0.2) is 53.7 Å². The number of hydrogen-bond donors (Lipinski definition) is 0. The Morgan fingerprint density at radius 3 is 2.24 bits per heavy atom. The maximum absolute atomic E-state index is 12.7. The minimum absolute atomic E-state index is 0.0690. The summed E-state index contributed by atoms with van der Waals surface area (Å²) in [6.45, 7) is 0.922. The summed E-state index contributed by atoms with van der Waals surface area (Å²) in [5, 5.41) is 11.2. The minimum atomic E-state index is -3.69. The van der Waals surface area contributed by atoms with E-state index >= 15 is 0 Å². The van der Waals surface area contributed by atoms with E-state index in [1.165, 1.54) is 41.0 Å². The van der Waals surface area contributed by atoms with Crippen LogP contribution in [-0.4, -0.2) is 49.7 Å². The van der Waals surface area contributed by atoms with Crippen LogP contribution in [-0.2, 0) is 10.0 Å². The van der Waals surface area contributed by atoms with E-state index in [1.807, 2.05) is 0 Å². The third-order valence-corrected chi connectivity index (χ3v) is 6.43. The van der Waals surface area contributed by atoms with Gasteiger partial charge in [-0.15, -0.1) is 0 Å². The molecule has 0 N–H and O–H groups in total. The molecule has 1 amide bonds. The second-order valence-electron chi connectivity index (χ2n) is 5.57. The second kappa shape index (κ2) is 6.99. The topological polar surface area (TPSA) is 84.6 Å². The van der Waals surface area contributed by atoms with Crippen LogP contribution in [0.4, 0.5) is 0 Å². The Hall–Kier alpha value is -2.16. The summed E-state index contributed by atoms with van der Waals surface area (Å²) in [5.41, 5.74) is 0.398. The summed E-state index contributed by atoms with van der Waals surface area (Å²) in [5.74, 6) is -0.226. The average Bonchev–Trinajstić information content (AvgIpc) is 2.62. The zero-order chi connectivity index (χ0) is 18.0. The number of piperazine rings is 1. The molecule has 1 aliphatic rings. The lowest BCUT2D eigenvalue weighted by Gasteiger charge is -2.34. The third kappa shape index (κ3) is 3.60. The Kier molecular flexibility index (Phi) is 4.94. The molecule has 132 valence electrons. The van der Waals surface area contributed by atoms with E-state index in [0.29, 0.717) is 10.3 Å². The lowest BCUT2D eigenvalue weighted by molar-refractivity contribution is -0.605. The third-order valence-electron chi connectivity index (χ3n) is 4.03. The maximum atomic E-state index is 12.7. The van der Waals surface area contributed by atoms with Crippen molar-refractivity contribution in [3.8, 4) is 0 Å². The van der Waals surface area contributed by atoms with Crippen LogP contribution in [0.2, 0.25) is 5.02 Å². The van der Waals surface area contributed by atoms with Crippen molar-refractivity contribution < 1.29 is 17.9 Å². The van der Waals surface area contributed by atoms with Gasteiger partial charge in [0.2, 0.25) is 10.0 Å². The van der Waals surface area contributed by atoms with Gasteiger partial charge in [-0.3, -0.25) is 4.79 Å². The number of sulfonamides is 1. The van der Waals surface area contributed by atoms with Gasteiger partial charge in [0.15, 0.2) is 12.4 Å². The van der Waals surface area contributed by atoms with Gasteiger partial charge < -0.3 is 10.1 Å². The highest BCUT2D eigenvalue weighted by atomic mass is 35.5. The number of amides is 1. The summed E-state index contributed by atoms with van der Waals surface area (Å²) in [6.07, 6.45) is 2.51. The van der Waals surface area contributed by atoms with Crippen LogP contribution in [0, 0.1) is 5.21 Å². The molecule has 0 saturated carbocycles. The van der Waals surface area contributed by atoms with Crippen LogP contribution in [0.25, 0.3) is 0 Å². The maximum Gasteiger partial charge on any atom is 0.254 e. The number of aromatic nitrogens is 1. The first-order valence-corrected chi connectivity index (χ1v) is 9.44. The number of carbonyl (C=O) groups is 1. The molecule has 2 heterocycles. The molecule has 1 aromatic heterocycles. The number of halogens is 1. The highest BCUT2D eigenvalue weighted by Gasteiger charge is 2.31. The van der Waals surface area contributed by atoms with Crippen LogP contribution >= 0.6 is 11.6 Å². The smallest absolute Gasteiger partial charge is 0.254 e. The molecule has 3 rings (SSSR count). The van der Waals surface area contributed by atoms with Crippen molar-refractivity contribution in [3.05, 3.63) is 64.6 Å². The Morgan fingerprint density at radius 1 is 1.04 bits per heavy atom. The molecule has 0 atom stereocenters. The largest absolute Gasteiger partial charge is 0.619 e. The fourth-order valence-electron chi connectivity index (χ4n) is 2.66. The lowest BCUT2D eigenvalue weighted by Crippen LogP contribution is -2.50. The first-order chi connectivity index (χ1) is 11.9. The van der Waals surface area contributed by atoms with E-state index in [1.54, 1.807) is 17.0 Å². The standard InChI is InChI=1S/C16H16ClN3O4S/c17-14-3-1-2-4-15(14)25(23,24)20-11-9-18(10-12-20)16(21)13-5-7-19(22)8-6-13/h1-8H,9-12H2. The number of hydrogen-bond acceptors (Lipinski definition) is 4. The number of pyridine rings is 1. The predicted octanol–water partition coefficient (Wildman–Crippen LogP) is 1.12. The zero-order valence-electron chi connectivity index (χ0n) is 13.2. The van der Waals surface area contributed by atoms with Crippen molar-refractivity contribution in [1.29, 1.82) is 0 Å². The van der Waals surface area contributed by atoms with Crippen molar-refractivity contribution in [2.24, 2.45) is 0 Å². The fraction of sp³-hybridized carbons (Fsp3) is 0.250. The lowest BCUT2D eigenvalue weighted by atomic mass is 10.2. The SMILES string of the molecule is O=C(c1cc[n+]([O-])cc1)N1CCN(S(=O)(=O)c2ccccc2Cl)CC1. The predicted molar refractivity (Wildman–Crippen MR) is 91.5 cm³/mol. The molecule has 0 aliphatic carbocycles. The summed E-state index contributed by atoms with van der Waals surface area (Å²) in [4.78, 5) is 14.1. The summed E-state index contributed by atoms with van der Waals surface area (Å²) >= 11 is 6.00. The van der Waals surface area contributed by atoms with E-state index in [2.05, 4.69) is 0 Å². The molecular weight excluding hydrogens is 366 g/mol. The van der Waals surface area contributed by atoms with Crippen molar-refractivity contribution in [1.82, 2.24) is 9.21 Å². The Balaban J connectivity index is 1.70. The first kappa shape index (κ1) is 17.7. The number of rotatable bonds is 3. The number of carbonyl (C=O) groups excluding carboxylic acids is 1. The molecular formula is C16H16ClN3O4S. The molecule has 1 saturated heterocycles. The summed E-state index contributed by atoms with van der Waals surface area (Å²) < 4.78 is 27.3. The first-order valence-electron chi connectivity index (χ1n) is 7.62. The summed E-state index contributed by atoms with van der Waals surface area (Å²) in [6, 6.07) is 9.19. The molecule has 7 nitrogen and oxygen atoms in total. The molecule has 1 aromatic carbocycles. The van der Waals surface area contributed by atoms with E-state index in [9.17, 15) is 18.4 Å². The van der Waals surface area contributed by atoms with Gasteiger partial charge >= 0.3 is 0 Å². The van der Waals surface area contributed by atoms with Gasteiger partial charge in [-0.05, 0) is 12.1 Å². The van der Waals surface area contributed by atoms with Gasteiger partial charge in [0.1, 0.15) is 4.90 Å². The van der Waals surface area contributed by atoms with Gasteiger partial charge in [0, 0.05) is 38.3 Å². The molecule has 1 aliphatic heterocycles. The van der Waals surface area contributed by atoms with Gasteiger partial charge in [0.05, 0.1) is 10.6 Å². The van der Waals surface area contributed by atoms with Crippen LogP contribution in [0.5, 0.6) is 0 Å². The van der Waals surface area contributed by atoms with E-state index in [0.717, 1.165) is 0 Å². The second-order valence-corrected chi connectivity index (χ2v) is 7.89. The Labute approximate surface area is 150 Å². The van der Waals surface area contributed by atoms with Crippen LogP contribution < -0.4 is 4.73 Å². The quantitative estimate of drug-likeness (QED) is 0.589. The highest BCUT2D eigenvalue weighted by molar-refractivity contribution is 7.89. The highest BCUT2D eigenvalue weighted by Crippen LogP contribution is 2.25. The van der Waals surface area contributed by atoms with Gasteiger partial charge in [-0.1, -0.05) is 23.7 Å². The molecule has 9 heteroatoms. The van der Waals surface area contributed by atoms with Crippen molar-refractivity contribution in [2.45, 2.75) is 4.90 Å². The Bertz CT molecular complexity index is 879. The molecule has 0 bridgehead atoms. The fourth-order valence-corrected chi connectivity index (χ4v) is 4.58. The normalized spacial score (nSPS) is 16.0. The van der Waals surface area contributed by atoms with E-state index < -0.39 is 10.0 Å². The van der Waals surface area contributed by atoms with Gasteiger partial charge in [-0.25, -0.2) is 8.42 Å². The van der Waals surface area contributed by atoms with Crippen LogP contribution in [0.3, 0.4) is 0 Å². The molecule has 0 radical (unpaired) electrons. The van der Waals surface area contributed by atoms with E-state index in [4.69, 9.17) is 11.6 Å². The van der Waals surface area contributed by atoms with E-state index in [-0.39, 0.29) is 42.0 Å². The molecule has 1 fully saturated rings. The molecule has 0 spiro atoms. The van der Waals surface area contributed by atoms with Crippen molar-refractivity contribution >= 4 is 27.5 Å². The monoisotopic (exact) mass is 381 g/mol. The Morgan fingerprint density at radius 2 is 1.64 bits per heavy atom. The zero-order valence-corrected chi connectivity index (χ0v) is 14.8. The molecule has 25 heavy (non-hydrogen) atoms. The molecule has 2 aromatic rings. The number of nitrogens with zero attached hydrogens (tertiary/aromatic N) is 3. The number of benzene rings is 1. The van der Waals surface area contributed by atoms with Crippen LogP contribution in [0.1, 0.15) is 10.4 Å².